The van der Waals surface area contributed by atoms with Crippen LogP contribution in [0.3, 0.4) is 0 Å². The summed E-state index contributed by atoms with van der Waals surface area (Å²) in [5, 5.41) is 3.71. The van der Waals surface area contributed by atoms with Crippen molar-refractivity contribution in [1.82, 2.24) is 0 Å². The van der Waals surface area contributed by atoms with E-state index in [4.69, 9.17) is 66.4 Å². The van der Waals surface area contributed by atoms with E-state index in [1.54, 1.807) is 36.4 Å². The van der Waals surface area contributed by atoms with Crippen molar-refractivity contribution in [2.24, 2.45) is 20.0 Å². The molecule has 0 spiro atoms. The van der Waals surface area contributed by atoms with Gasteiger partial charge < -0.3 is 0 Å². The Kier molecular flexibility index (Phi) is 7.75. The van der Waals surface area contributed by atoms with Gasteiger partial charge in [0.2, 0.25) is 0 Å². The third-order valence-corrected chi connectivity index (χ3v) is 8.48. The van der Waals surface area contributed by atoms with Crippen molar-refractivity contribution in [3.05, 3.63) is 174 Å². The fourth-order valence-electron chi connectivity index (χ4n) is 5.11. The van der Waals surface area contributed by atoms with Gasteiger partial charge in [-0.3, -0.25) is 0 Å². The monoisotopic (exact) mass is 648 g/mol. The van der Waals surface area contributed by atoms with Crippen LogP contribution >= 0.6 is 46.4 Å². The van der Waals surface area contributed by atoms with Crippen molar-refractivity contribution in [2.75, 3.05) is 0 Å². The molecule has 7 rings (SSSR count). The second-order valence-corrected chi connectivity index (χ2v) is 11.6. The molecule has 4 nitrogen and oxygen atoms in total. The molecule has 0 atom stereocenters. The van der Waals surface area contributed by atoms with Gasteiger partial charge in [-0.15, -0.1) is 0 Å². The molecule has 44 heavy (non-hydrogen) atoms. The summed E-state index contributed by atoms with van der Waals surface area (Å²) in [5.41, 5.74) is 5.97. The Bertz CT molecular complexity index is 1980. The molecule has 8 heteroatoms. The molecule has 2 aliphatic rings. The summed E-state index contributed by atoms with van der Waals surface area (Å²) in [6.45, 7) is 0. The van der Waals surface area contributed by atoms with Gasteiger partial charge >= 0.3 is 0 Å². The fourth-order valence-corrected chi connectivity index (χ4v) is 6.25. The minimum Gasteiger partial charge on any atom is -0.226 e. The van der Waals surface area contributed by atoms with Gasteiger partial charge in [0.25, 0.3) is 0 Å². The number of hydrogen-bond acceptors (Lipinski definition) is 4. The van der Waals surface area contributed by atoms with E-state index in [0.717, 1.165) is 33.0 Å². The van der Waals surface area contributed by atoms with Crippen LogP contribution in [0.4, 0.5) is 0 Å². The smallest absolute Gasteiger partial charge is 0.163 e. The Hall–Kier alpha value is -4.32. The van der Waals surface area contributed by atoms with E-state index in [9.17, 15) is 0 Å². The molecule has 0 unspecified atom stereocenters. The highest BCUT2D eigenvalue weighted by molar-refractivity contribution is 6.44. The summed E-state index contributed by atoms with van der Waals surface area (Å²) >= 11 is 26.2. The van der Waals surface area contributed by atoms with Crippen LogP contribution in [-0.2, 0) is 0 Å². The maximum absolute atomic E-state index is 6.54. The topological polar surface area (TPSA) is 49.4 Å². The van der Waals surface area contributed by atoms with Crippen LogP contribution in [0.15, 0.2) is 141 Å². The van der Waals surface area contributed by atoms with E-state index in [2.05, 4.69) is 0 Å². The van der Waals surface area contributed by atoms with Crippen LogP contribution in [0, 0.1) is 0 Å². The average molecular weight is 650 g/mol. The molecule has 0 radical (unpaired) electrons. The molecule has 0 fully saturated rings. The Morgan fingerprint density at radius 2 is 0.682 bits per heavy atom. The zero-order valence-electron chi connectivity index (χ0n) is 22.8. The van der Waals surface area contributed by atoms with Gasteiger partial charge in [0.15, 0.2) is 11.7 Å². The molecule has 0 N–H and O–H groups in total. The van der Waals surface area contributed by atoms with Crippen LogP contribution in [0.25, 0.3) is 11.4 Å². The lowest BCUT2D eigenvalue weighted by Gasteiger charge is -2.04. The SMILES string of the molecule is Clc1cccc(Cl)c1C1=NC(=c2ccc(=C3N=C(c4c(Cl)cccc4Cl)N=C3c3ccccc3)cc2)C(c2ccccc2)=N1. The zero-order chi connectivity index (χ0) is 30.2. The molecule has 0 aromatic heterocycles. The summed E-state index contributed by atoms with van der Waals surface area (Å²) in [5.74, 6) is 0.932. The lowest BCUT2D eigenvalue weighted by molar-refractivity contribution is 1.46. The van der Waals surface area contributed by atoms with Gasteiger partial charge in [-0.1, -0.05) is 143 Å². The molecule has 5 aromatic carbocycles. The summed E-state index contributed by atoms with van der Waals surface area (Å²) in [6.07, 6.45) is 0. The highest BCUT2D eigenvalue weighted by Gasteiger charge is 2.25. The molecule has 212 valence electrons. The molecule has 0 bridgehead atoms. The maximum atomic E-state index is 6.54. The minimum atomic E-state index is 0.466. The lowest BCUT2D eigenvalue weighted by atomic mass is 10.0. The Balaban J connectivity index is 1.42. The van der Waals surface area contributed by atoms with E-state index in [1.807, 2.05) is 84.9 Å². The summed E-state index contributed by atoms with van der Waals surface area (Å²) in [4.78, 5) is 19.7. The molecule has 0 amide bonds. The molecular weight excluding hydrogens is 630 g/mol. The number of amidine groups is 2. The first kappa shape index (κ1) is 28.5. The second-order valence-electron chi connectivity index (χ2n) is 9.99. The first-order valence-corrected chi connectivity index (χ1v) is 15.2. The molecule has 0 saturated heterocycles. The Morgan fingerprint density at radius 1 is 0.341 bits per heavy atom. The van der Waals surface area contributed by atoms with Crippen molar-refractivity contribution < 1.29 is 0 Å². The van der Waals surface area contributed by atoms with Crippen LogP contribution in [0.1, 0.15) is 22.3 Å². The first-order valence-electron chi connectivity index (χ1n) is 13.7. The Morgan fingerprint density at radius 3 is 1.02 bits per heavy atom. The number of nitrogens with zero attached hydrogens (tertiary/aromatic N) is 4. The second kappa shape index (κ2) is 12.0. The number of aliphatic imine (C=N–C) groups is 4. The van der Waals surface area contributed by atoms with Crippen molar-refractivity contribution in [3.63, 3.8) is 0 Å². The van der Waals surface area contributed by atoms with Gasteiger partial charge in [0.1, 0.15) is 0 Å². The van der Waals surface area contributed by atoms with Crippen molar-refractivity contribution in [3.8, 4) is 0 Å². The highest BCUT2D eigenvalue weighted by atomic mass is 35.5. The van der Waals surface area contributed by atoms with Crippen LogP contribution < -0.4 is 10.4 Å². The van der Waals surface area contributed by atoms with E-state index in [1.165, 1.54) is 0 Å². The van der Waals surface area contributed by atoms with Crippen LogP contribution in [0.5, 0.6) is 0 Å². The molecule has 2 heterocycles. The number of rotatable bonds is 4. The van der Waals surface area contributed by atoms with Gasteiger partial charge in [-0.05, 0) is 24.3 Å². The molecule has 5 aromatic rings. The third-order valence-electron chi connectivity index (χ3n) is 7.22. The Labute approximate surface area is 273 Å². The first-order chi connectivity index (χ1) is 21.5. The molecular formula is C36H20Cl4N4. The van der Waals surface area contributed by atoms with E-state index < -0.39 is 0 Å². The molecule has 2 aliphatic heterocycles. The minimum absolute atomic E-state index is 0.466. The summed E-state index contributed by atoms with van der Waals surface area (Å²) < 4.78 is 0. The predicted molar refractivity (Wildman–Crippen MR) is 184 cm³/mol. The van der Waals surface area contributed by atoms with E-state index in [-0.39, 0.29) is 0 Å². The summed E-state index contributed by atoms with van der Waals surface area (Å²) in [6, 6.07) is 38.6. The fraction of sp³-hybridized carbons (Fsp3) is 0. The van der Waals surface area contributed by atoms with E-state index >= 15 is 0 Å². The van der Waals surface area contributed by atoms with E-state index in [0.29, 0.717) is 54.3 Å². The van der Waals surface area contributed by atoms with Gasteiger partial charge in [-0.2, -0.15) is 0 Å². The van der Waals surface area contributed by atoms with Crippen molar-refractivity contribution >= 4 is 80.9 Å². The van der Waals surface area contributed by atoms with Crippen LogP contribution in [0.2, 0.25) is 20.1 Å². The third kappa shape index (κ3) is 5.31. The van der Waals surface area contributed by atoms with Crippen molar-refractivity contribution in [1.29, 1.82) is 0 Å². The highest BCUT2D eigenvalue weighted by Crippen LogP contribution is 2.31. The largest absolute Gasteiger partial charge is 0.226 e. The normalized spacial score (nSPS) is 14.4. The quantitative estimate of drug-likeness (QED) is 0.188. The number of benzene rings is 5. The van der Waals surface area contributed by atoms with Gasteiger partial charge in [0, 0.05) is 21.6 Å². The predicted octanol–water partition coefficient (Wildman–Crippen LogP) is 8.42. The standard InChI is InChI=1S/C36H20Cl4N4/c37-25-13-7-14-26(38)29(25)35-41-31(21-9-3-1-4-10-21)33(43-35)23-17-19-24(20-18-23)34-32(22-11-5-2-6-12-22)42-36(44-34)30-27(39)15-8-16-28(30)40/h1-20H. The van der Waals surface area contributed by atoms with Gasteiger partial charge in [-0.25, -0.2) is 20.0 Å². The maximum Gasteiger partial charge on any atom is 0.163 e. The number of halogens is 4. The molecule has 0 aliphatic carbocycles. The number of hydrogen-bond donors (Lipinski definition) is 0. The van der Waals surface area contributed by atoms with Crippen molar-refractivity contribution in [2.45, 2.75) is 0 Å². The molecule has 0 saturated carbocycles. The summed E-state index contributed by atoms with van der Waals surface area (Å²) in [7, 11) is 0. The zero-order valence-corrected chi connectivity index (χ0v) is 25.9. The lowest BCUT2D eigenvalue weighted by Crippen LogP contribution is -2.17. The van der Waals surface area contributed by atoms with Gasteiger partial charge in [0.05, 0.1) is 54.0 Å². The average Bonchev–Trinajstić information content (AvgIpc) is 3.68. The van der Waals surface area contributed by atoms with Crippen LogP contribution in [-0.4, -0.2) is 23.1 Å².